The van der Waals surface area contributed by atoms with Gasteiger partial charge in [0.1, 0.15) is 0 Å². The Kier molecular flexibility index (Phi) is 4.52. The summed E-state index contributed by atoms with van der Waals surface area (Å²) in [6.45, 7) is 0. The molecule has 0 bridgehead atoms. The molecule has 3 aromatic rings. The van der Waals surface area contributed by atoms with E-state index in [1.165, 1.54) is 12.5 Å². The SMILES string of the molecule is O=C(CC(CC(=O)c1ccco1)c1ccccc1)c1ccco1. The van der Waals surface area contributed by atoms with Crippen molar-refractivity contribution in [1.29, 1.82) is 0 Å². The van der Waals surface area contributed by atoms with Crippen molar-refractivity contribution in [2.24, 2.45) is 0 Å². The molecule has 2 aromatic heterocycles. The highest BCUT2D eigenvalue weighted by Gasteiger charge is 2.23. The first-order valence-corrected chi connectivity index (χ1v) is 7.42. The van der Waals surface area contributed by atoms with Crippen LogP contribution in [0.15, 0.2) is 76.0 Å². The van der Waals surface area contributed by atoms with Crippen LogP contribution in [0.5, 0.6) is 0 Å². The summed E-state index contributed by atoms with van der Waals surface area (Å²) in [6.07, 6.45) is 3.37. The molecule has 0 spiro atoms. The summed E-state index contributed by atoms with van der Waals surface area (Å²) in [7, 11) is 0. The largest absolute Gasteiger partial charge is 0.461 e. The Morgan fingerprint density at radius 1 is 0.739 bits per heavy atom. The third-order valence-corrected chi connectivity index (χ3v) is 3.73. The quantitative estimate of drug-likeness (QED) is 0.603. The van der Waals surface area contributed by atoms with Crippen LogP contribution in [0.2, 0.25) is 0 Å². The van der Waals surface area contributed by atoms with Gasteiger partial charge < -0.3 is 8.83 Å². The summed E-state index contributed by atoms with van der Waals surface area (Å²) >= 11 is 0. The second-order valence-corrected chi connectivity index (χ2v) is 5.32. The smallest absolute Gasteiger partial charge is 0.198 e. The molecule has 0 saturated heterocycles. The molecule has 0 N–H and O–H groups in total. The van der Waals surface area contributed by atoms with Gasteiger partial charge in [-0.1, -0.05) is 30.3 Å². The van der Waals surface area contributed by atoms with Gasteiger partial charge in [-0.05, 0) is 35.7 Å². The first kappa shape index (κ1) is 15.0. The Morgan fingerprint density at radius 2 is 1.26 bits per heavy atom. The zero-order valence-electron chi connectivity index (χ0n) is 12.5. The zero-order valence-corrected chi connectivity index (χ0v) is 12.5. The lowest BCUT2D eigenvalue weighted by atomic mass is 9.88. The monoisotopic (exact) mass is 308 g/mol. The van der Waals surface area contributed by atoms with Crippen molar-refractivity contribution in [3.8, 4) is 0 Å². The molecule has 23 heavy (non-hydrogen) atoms. The molecule has 0 saturated carbocycles. The van der Waals surface area contributed by atoms with E-state index in [1.54, 1.807) is 24.3 Å². The van der Waals surface area contributed by atoms with Crippen molar-refractivity contribution in [1.82, 2.24) is 0 Å². The van der Waals surface area contributed by atoms with Crippen LogP contribution in [0.3, 0.4) is 0 Å². The second-order valence-electron chi connectivity index (χ2n) is 5.32. The van der Waals surface area contributed by atoms with Crippen molar-refractivity contribution in [2.75, 3.05) is 0 Å². The summed E-state index contributed by atoms with van der Waals surface area (Å²) in [4.78, 5) is 24.7. The van der Waals surface area contributed by atoms with Crippen molar-refractivity contribution < 1.29 is 18.4 Å². The summed E-state index contributed by atoms with van der Waals surface area (Å²) in [5, 5.41) is 0. The maximum atomic E-state index is 12.3. The molecule has 116 valence electrons. The van der Waals surface area contributed by atoms with Crippen LogP contribution < -0.4 is 0 Å². The van der Waals surface area contributed by atoms with Gasteiger partial charge in [-0.25, -0.2) is 0 Å². The Morgan fingerprint density at radius 3 is 1.70 bits per heavy atom. The molecule has 1 aromatic carbocycles. The van der Waals surface area contributed by atoms with Gasteiger partial charge in [-0.15, -0.1) is 0 Å². The first-order valence-electron chi connectivity index (χ1n) is 7.42. The van der Waals surface area contributed by atoms with Crippen molar-refractivity contribution in [3.05, 3.63) is 84.2 Å². The molecule has 3 rings (SSSR count). The van der Waals surface area contributed by atoms with Crippen LogP contribution >= 0.6 is 0 Å². The van der Waals surface area contributed by atoms with Gasteiger partial charge in [-0.3, -0.25) is 9.59 Å². The molecule has 2 heterocycles. The average Bonchev–Trinajstić information content (AvgIpc) is 3.28. The maximum Gasteiger partial charge on any atom is 0.198 e. The summed E-state index contributed by atoms with van der Waals surface area (Å²) in [6, 6.07) is 16.2. The van der Waals surface area contributed by atoms with E-state index in [1.807, 2.05) is 30.3 Å². The van der Waals surface area contributed by atoms with E-state index in [0.29, 0.717) is 11.5 Å². The molecule has 0 fully saturated rings. The highest BCUT2D eigenvalue weighted by atomic mass is 16.3. The molecule has 0 radical (unpaired) electrons. The van der Waals surface area contributed by atoms with Gasteiger partial charge in [0, 0.05) is 12.8 Å². The van der Waals surface area contributed by atoms with Crippen LogP contribution in [-0.4, -0.2) is 11.6 Å². The van der Waals surface area contributed by atoms with E-state index < -0.39 is 0 Å². The number of benzene rings is 1. The van der Waals surface area contributed by atoms with E-state index in [9.17, 15) is 9.59 Å². The molecular formula is C19H16O4. The lowest BCUT2D eigenvalue weighted by molar-refractivity contribution is 0.0915. The fraction of sp³-hybridized carbons (Fsp3) is 0.158. The Hall–Kier alpha value is -2.88. The van der Waals surface area contributed by atoms with Crippen LogP contribution in [0, 0.1) is 0 Å². The lowest BCUT2D eigenvalue weighted by Gasteiger charge is -2.15. The highest BCUT2D eigenvalue weighted by Crippen LogP contribution is 2.27. The molecule has 0 amide bonds. The fourth-order valence-corrected chi connectivity index (χ4v) is 2.56. The minimum absolute atomic E-state index is 0.115. The fourth-order valence-electron chi connectivity index (χ4n) is 2.56. The van der Waals surface area contributed by atoms with Gasteiger partial charge in [0.05, 0.1) is 12.5 Å². The van der Waals surface area contributed by atoms with Crippen LogP contribution in [0.1, 0.15) is 45.4 Å². The summed E-state index contributed by atoms with van der Waals surface area (Å²) in [5.74, 6) is 0.186. The molecular weight excluding hydrogens is 292 g/mol. The van der Waals surface area contributed by atoms with Crippen molar-refractivity contribution in [3.63, 3.8) is 0 Å². The van der Waals surface area contributed by atoms with Crippen LogP contribution in [0.25, 0.3) is 0 Å². The molecule has 4 nitrogen and oxygen atoms in total. The minimum atomic E-state index is -0.216. The highest BCUT2D eigenvalue weighted by molar-refractivity contribution is 5.96. The van der Waals surface area contributed by atoms with Gasteiger partial charge in [-0.2, -0.15) is 0 Å². The van der Waals surface area contributed by atoms with Crippen LogP contribution in [0.4, 0.5) is 0 Å². The number of carbonyl (C=O) groups excluding carboxylic acids is 2. The molecule has 0 atom stereocenters. The third-order valence-electron chi connectivity index (χ3n) is 3.73. The van der Waals surface area contributed by atoms with Gasteiger partial charge in [0.15, 0.2) is 23.1 Å². The van der Waals surface area contributed by atoms with E-state index >= 15 is 0 Å². The topological polar surface area (TPSA) is 60.4 Å². The molecule has 0 unspecified atom stereocenters. The minimum Gasteiger partial charge on any atom is -0.461 e. The number of ketones is 2. The van der Waals surface area contributed by atoms with Crippen molar-refractivity contribution >= 4 is 11.6 Å². The van der Waals surface area contributed by atoms with Crippen molar-refractivity contribution in [2.45, 2.75) is 18.8 Å². The normalized spacial score (nSPS) is 10.8. The number of Topliss-reactive ketones (excluding diaryl/α,β-unsaturated/α-hetero) is 2. The third kappa shape index (κ3) is 3.66. The number of hydrogen-bond donors (Lipinski definition) is 0. The average molecular weight is 308 g/mol. The number of hydrogen-bond acceptors (Lipinski definition) is 4. The van der Waals surface area contributed by atoms with E-state index in [4.69, 9.17) is 8.83 Å². The van der Waals surface area contributed by atoms with Gasteiger partial charge >= 0.3 is 0 Å². The summed E-state index contributed by atoms with van der Waals surface area (Å²) in [5.41, 5.74) is 0.951. The maximum absolute atomic E-state index is 12.3. The number of furan rings is 2. The van der Waals surface area contributed by atoms with E-state index in [2.05, 4.69) is 0 Å². The Bertz CT molecular complexity index is 707. The van der Waals surface area contributed by atoms with Gasteiger partial charge in [0.25, 0.3) is 0 Å². The first-order chi connectivity index (χ1) is 11.2. The predicted octanol–water partition coefficient (Wildman–Crippen LogP) is 4.50. The Balaban J connectivity index is 1.79. The zero-order chi connectivity index (χ0) is 16.1. The number of carbonyl (C=O) groups is 2. The molecule has 4 heteroatoms. The molecule has 0 aliphatic carbocycles. The predicted molar refractivity (Wildman–Crippen MR) is 84.5 cm³/mol. The second kappa shape index (κ2) is 6.92. The summed E-state index contributed by atoms with van der Waals surface area (Å²) < 4.78 is 10.3. The Labute approximate surface area is 133 Å². The van der Waals surface area contributed by atoms with Gasteiger partial charge in [0.2, 0.25) is 0 Å². The molecule has 0 aliphatic rings. The number of rotatable bonds is 7. The standard InChI is InChI=1S/C19H16O4/c20-16(18-8-4-10-22-18)12-15(14-6-2-1-3-7-14)13-17(21)19-9-5-11-23-19/h1-11,15H,12-13H2. The van der Waals surface area contributed by atoms with Crippen LogP contribution in [-0.2, 0) is 0 Å². The molecule has 0 aliphatic heterocycles. The lowest BCUT2D eigenvalue weighted by Crippen LogP contribution is -2.12. The van der Waals surface area contributed by atoms with E-state index in [-0.39, 0.29) is 30.3 Å². The van der Waals surface area contributed by atoms with E-state index in [0.717, 1.165) is 5.56 Å².